The molecule has 1 heterocycles. The van der Waals surface area contributed by atoms with E-state index in [-0.39, 0.29) is 0 Å². The van der Waals surface area contributed by atoms with Crippen LogP contribution in [0.15, 0.2) is 42.7 Å². The van der Waals surface area contributed by atoms with Crippen molar-refractivity contribution < 1.29 is 13.2 Å². The highest BCUT2D eigenvalue weighted by atomic mass is 32.2. The van der Waals surface area contributed by atoms with E-state index in [1.54, 1.807) is 0 Å². The molecule has 108 valence electrons. The normalized spacial score (nSPS) is 11.7. The van der Waals surface area contributed by atoms with Crippen LogP contribution in [-0.4, -0.2) is 31.0 Å². The van der Waals surface area contributed by atoms with Gasteiger partial charge in [-0.2, -0.15) is 8.42 Å². The Hall–Kier alpha value is -1.70. The minimum atomic E-state index is -3.53. The Morgan fingerprint density at radius 2 is 2.05 bits per heavy atom. The summed E-state index contributed by atoms with van der Waals surface area (Å²) < 4.78 is 32.3. The third-order valence-electron chi connectivity index (χ3n) is 2.78. The van der Waals surface area contributed by atoms with Gasteiger partial charge in [-0.1, -0.05) is 30.3 Å². The van der Waals surface area contributed by atoms with Gasteiger partial charge in [-0.25, -0.2) is 13.7 Å². The van der Waals surface area contributed by atoms with E-state index >= 15 is 0 Å². The Kier molecular flexibility index (Phi) is 4.89. The Balaban J connectivity index is 1.88. The zero-order chi connectivity index (χ0) is 14.4. The molecule has 2 rings (SSSR count). The first kappa shape index (κ1) is 14.7. The van der Waals surface area contributed by atoms with Crippen molar-refractivity contribution in [3.8, 4) is 0 Å². The summed E-state index contributed by atoms with van der Waals surface area (Å²) in [5.41, 5.74) is 1.08. The maximum atomic E-state index is 11.7. The maximum Gasteiger partial charge on any atom is 0.306 e. The lowest BCUT2D eigenvalue weighted by atomic mass is 10.2. The molecule has 0 aliphatic carbocycles. The van der Waals surface area contributed by atoms with E-state index in [0.717, 1.165) is 9.54 Å². The first-order valence-electron chi connectivity index (χ1n) is 6.21. The molecule has 0 unspecified atom stereocenters. The number of ether oxygens (including phenoxy) is 1. The first-order chi connectivity index (χ1) is 9.63. The quantitative estimate of drug-likeness (QED) is 0.772. The Labute approximate surface area is 118 Å². The number of rotatable bonds is 7. The summed E-state index contributed by atoms with van der Waals surface area (Å²) in [4.78, 5) is 4.04. The lowest BCUT2D eigenvalue weighted by Crippen LogP contribution is -2.27. The van der Waals surface area contributed by atoms with Gasteiger partial charge < -0.3 is 4.74 Å². The summed E-state index contributed by atoms with van der Waals surface area (Å²) in [5, 5.41) is 0. The minimum Gasteiger partial charge on any atom is -0.376 e. The molecule has 1 N–H and O–H groups in total. The van der Waals surface area contributed by atoms with Crippen LogP contribution in [0.4, 0.5) is 0 Å². The molecule has 0 saturated carbocycles. The number of nitrogens with one attached hydrogen (secondary N) is 1. The minimum absolute atomic E-state index is 0.408. The third kappa shape index (κ3) is 3.66. The van der Waals surface area contributed by atoms with Crippen molar-refractivity contribution in [1.29, 1.82) is 0 Å². The van der Waals surface area contributed by atoms with Gasteiger partial charge >= 0.3 is 10.2 Å². The molecule has 0 bridgehead atoms. The van der Waals surface area contributed by atoms with Crippen LogP contribution in [0.5, 0.6) is 0 Å². The number of aromatic nitrogens is 2. The molecule has 6 nitrogen and oxygen atoms in total. The maximum absolute atomic E-state index is 11.7. The lowest BCUT2D eigenvalue weighted by Gasteiger charge is -2.08. The van der Waals surface area contributed by atoms with Crippen molar-refractivity contribution in [1.82, 2.24) is 13.7 Å². The molecule has 20 heavy (non-hydrogen) atoms. The second-order valence-electron chi connectivity index (χ2n) is 4.14. The molecule has 1 aromatic heterocycles. The van der Waals surface area contributed by atoms with E-state index in [0.29, 0.717) is 25.5 Å². The number of hydrogen-bond donors (Lipinski definition) is 1. The summed E-state index contributed by atoms with van der Waals surface area (Å²) in [6.07, 6.45) is 3.31. The smallest absolute Gasteiger partial charge is 0.306 e. The number of hydrogen-bond acceptors (Lipinski definition) is 4. The first-order valence-corrected chi connectivity index (χ1v) is 7.65. The molecular weight excluding hydrogens is 278 g/mol. The summed E-state index contributed by atoms with van der Waals surface area (Å²) >= 11 is 0. The van der Waals surface area contributed by atoms with Crippen molar-refractivity contribution in [2.45, 2.75) is 13.0 Å². The Bertz CT molecular complexity index is 638. The van der Waals surface area contributed by atoms with E-state index in [9.17, 15) is 8.42 Å². The van der Waals surface area contributed by atoms with Crippen LogP contribution >= 0.6 is 0 Å². The van der Waals surface area contributed by atoms with Crippen LogP contribution < -0.4 is 4.72 Å². The van der Waals surface area contributed by atoms with Gasteiger partial charge in [-0.3, -0.25) is 0 Å². The Morgan fingerprint density at radius 3 is 2.75 bits per heavy atom. The average molecular weight is 295 g/mol. The molecule has 0 spiro atoms. The molecule has 0 radical (unpaired) electrons. The van der Waals surface area contributed by atoms with Crippen molar-refractivity contribution in [2.75, 3.05) is 13.7 Å². The average Bonchev–Trinajstić information content (AvgIpc) is 2.94. The van der Waals surface area contributed by atoms with Crippen molar-refractivity contribution in [3.05, 3.63) is 54.1 Å². The van der Waals surface area contributed by atoms with Crippen LogP contribution in [0.2, 0.25) is 0 Å². The van der Waals surface area contributed by atoms with Crippen molar-refractivity contribution in [3.63, 3.8) is 0 Å². The molecule has 0 saturated heterocycles. The van der Waals surface area contributed by atoms with Crippen molar-refractivity contribution >= 4 is 10.2 Å². The highest BCUT2D eigenvalue weighted by molar-refractivity contribution is 7.87. The van der Waals surface area contributed by atoms with Gasteiger partial charge in [0.1, 0.15) is 5.82 Å². The summed E-state index contributed by atoms with van der Waals surface area (Å²) in [5.74, 6) is 0.451. The molecule has 1 aromatic carbocycles. The lowest BCUT2D eigenvalue weighted by molar-refractivity contribution is 0.122. The molecule has 2 aromatic rings. The predicted octanol–water partition coefficient (Wildman–Crippen LogP) is 0.955. The van der Waals surface area contributed by atoms with Gasteiger partial charge in [0.15, 0.2) is 0 Å². The van der Waals surface area contributed by atoms with Gasteiger partial charge in [0.25, 0.3) is 0 Å². The van der Waals surface area contributed by atoms with Crippen LogP contribution in [0.1, 0.15) is 11.4 Å². The predicted molar refractivity (Wildman–Crippen MR) is 75.4 cm³/mol. The number of imidazole rings is 1. The largest absolute Gasteiger partial charge is 0.376 e. The monoisotopic (exact) mass is 295 g/mol. The molecule has 0 fully saturated rings. The van der Waals surface area contributed by atoms with Gasteiger partial charge in [-0.05, 0) is 5.56 Å². The fraction of sp³-hybridized carbons (Fsp3) is 0.308. The third-order valence-corrected chi connectivity index (χ3v) is 4.14. The molecular formula is C13H17N3O3S. The highest BCUT2D eigenvalue weighted by Gasteiger charge is 2.14. The van der Waals surface area contributed by atoms with E-state index in [1.165, 1.54) is 19.4 Å². The van der Waals surface area contributed by atoms with Crippen LogP contribution in [0.3, 0.4) is 0 Å². The second-order valence-corrected chi connectivity index (χ2v) is 5.89. The van der Waals surface area contributed by atoms with Gasteiger partial charge in [0.2, 0.25) is 0 Å². The highest BCUT2D eigenvalue weighted by Crippen LogP contribution is 2.04. The molecule has 7 heteroatoms. The molecule has 0 aliphatic heterocycles. The topological polar surface area (TPSA) is 73.2 Å². The Morgan fingerprint density at radius 1 is 1.30 bits per heavy atom. The zero-order valence-electron chi connectivity index (χ0n) is 11.2. The molecule has 0 amide bonds. The fourth-order valence-corrected chi connectivity index (χ4v) is 2.57. The zero-order valence-corrected chi connectivity index (χ0v) is 12.0. The van der Waals surface area contributed by atoms with Gasteiger partial charge in [0, 0.05) is 25.9 Å². The molecule has 0 atom stereocenters. The van der Waals surface area contributed by atoms with E-state index in [1.807, 2.05) is 30.3 Å². The number of nitrogens with zero attached hydrogens (tertiary/aromatic N) is 2. The van der Waals surface area contributed by atoms with Crippen LogP contribution in [0.25, 0.3) is 0 Å². The van der Waals surface area contributed by atoms with Gasteiger partial charge in [0.05, 0.1) is 13.2 Å². The van der Waals surface area contributed by atoms with E-state index < -0.39 is 10.2 Å². The van der Waals surface area contributed by atoms with Crippen LogP contribution in [0, 0.1) is 0 Å². The standard InChI is InChI=1S/C13H17N3O3S/c1-14-20(17,18)16-9-8-15-13(16)7-10-19-11-12-5-3-2-4-6-12/h2-6,8-9,14H,7,10-11H2,1H3. The van der Waals surface area contributed by atoms with Gasteiger partial charge in [-0.15, -0.1) is 0 Å². The second kappa shape index (κ2) is 6.65. The van der Waals surface area contributed by atoms with Crippen LogP contribution in [-0.2, 0) is 28.0 Å². The van der Waals surface area contributed by atoms with E-state index in [4.69, 9.17) is 4.74 Å². The summed E-state index contributed by atoms with van der Waals surface area (Å²) in [6.45, 7) is 0.908. The number of benzene rings is 1. The SMILES string of the molecule is CNS(=O)(=O)n1ccnc1CCOCc1ccccc1. The molecule has 0 aliphatic rings. The van der Waals surface area contributed by atoms with Crippen molar-refractivity contribution in [2.24, 2.45) is 0 Å². The summed E-state index contributed by atoms with van der Waals surface area (Å²) in [7, 11) is -2.16. The fourth-order valence-electron chi connectivity index (χ4n) is 1.74. The summed E-state index contributed by atoms with van der Waals surface area (Å²) in [6, 6.07) is 9.80. The van der Waals surface area contributed by atoms with E-state index in [2.05, 4.69) is 9.71 Å².